The summed E-state index contributed by atoms with van der Waals surface area (Å²) in [6.45, 7) is 4.68. The largest absolute Gasteiger partial charge is 0.477 e. The summed E-state index contributed by atoms with van der Waals surface area (Å²) >= 11 is 1.10. The zero-order valence-corrected chi connectivity index (χ0v) is 12.2. The minimum atomic E-state index is -0.979. The Labute approximate surface area is 116 Å². The summed E-state index contributed by atoms with van der Waals surface area (Å²) in [7, 11) is 1.74. The monoisotopic (exact) mass is 285 g/mol. The average molecular weight is 285 g/mol. The number of urea groups is 1. The third-order valence-electron chi connectivity index (χ3n) is 2.62. The smallest absolute Gasteiger partial charge is 0.347 e. The van der Waals surface area contributed by atoms with E-state index in [1.54, 1.807) is 18.9 Å². The molecule has 0 aliphatic heterocycles. The van der Waals surface area contributed by atoms with Crippen molar-refractivity contribution in [2.24, 2.45) is 0 Å². The number of hydrogen-bond acceptors (Lipinski definition) is 4. The molecule has 0 aliphatic carbocycles. The highest BCUT2D eigenvalue weighted by atomic mass is 32.1. The first kappa shape index (κ1) is 15.4. The summed E-state index contributed by atoms with van der Waals surface area (Å²) < 4.78 is 0. The van der Waals surface area contributed by atoms with E-state index in [2.05, 4.69) is 17.2 Å². The van der Waals surface area contributed by atoms with Crippen molar-refractivity contribution in [3.63, 3.8) is 0 Å². The minimum absolute atomic E-state index is 0.168. The van der Waals surface area contributed by atoms with Gasteiger partial charge in [-0.05, 0) is 13.3 Å². The van der Waals surface area contributed by atoms with Crippen LogP contribution in [0.25, 0.3) is 0 Å². The molecule has 2 amide bonds. The van der Waals surface area contributed by atoms with E-state index >= 15 is 0 Å². The maximum Gasteiger partial charge on any atom is 0.347 e. The van der Waals surface area contributed by atoms with E-state index < -0.39 is 5.97 Å². The van der Waals surface area contributed by atoms with E-state index in [0.717, 1.165) is 24.2 Å². The van der Waals surface area contributed by atoms with Gasteiger partial charge in [-0.1, -0.05) is 13.3 Å². The maximum absolute atomic E-state index is 11.7. The van der Waals surface area contributed by atoms with E-state index in [1.165, 1.54) is 0 Å². The highest BCUT2D eigenvalue weighted by Crippen LogP contribution is 2.17. The van der Waals surface area contributed by atoms with Gasteiger partial charge in [0, 0.05) is 13.6 Å². The van der Waals surface area contributed by atoms with Crippen molar-refractivity contribution in [2.75, 3.05) is 13.6 Å². The number of hydrogen-bond donors (Lipinski definition) is 2. The lowest BCUT2D eigenvalue weighted by Gasteiger charge is -2.16. The summed E-state index contributed by atoms with van der Waals surface area (Å²) in [6.07, 6.45) is 1.99. The number of rotatable bonds is 6. The lowest BCUT2D eigenvalue weighted by Crippen LogP contribution is -2.37. The molecule has 6 nitrogen and oxygen atoms in total. The maximum atomic E-state index is 11.7. The Hall–Kier alpha value is -1.63. The van der Waals surface area contributed by atoms with E-state index in [0.29, 0.717) is 17.2 Å². The molecule has 0 bridgehead atoms. The molecule has 0 unspecified atom stereocenters. The van der Waals surface area contributed by atoms with Crippen molar-refractivity contribution in [1.82, 2.24) is 15.2 Å². The molecule has 0 saturated heterocycles. The number of amides is 2. The lowest BCUT2D eigenvalue weighted by atomic mass is 10.3. The van der Waals surface area contributed by atoms with Gasteiger partial charge in [-0.25, -0.2) is 14.6 Å². The number of carboxylic acids is 1. The first-order chi connectivity index (χ1) is 8.95. The molecule has 1 aromatic heterocycles. The van der Waals surface area contributed by atoms with Crippen molar-refractivity contribution in [3.8, 4) is 0 Å². The zero-order chi connectivity index (χ0) is 14.4. The van der Waals surface area contributed by atoms with Crippen molar-refractivity contribution >= 4 is 23.3 Å². The van der Waals surface area contributed by atoms with Gasteiger partial charge in [-0.15, -0.1) is 11.3 Å². The van der Waals surface area contributed by atoms with Gasteiger partial charge in [0.15, 0.2) is 0 Å². The number of aromatic nitrogens is 1. The van der Waals surface area contributed by atoms with Crippen LogP contribution in [-0.4, -0.2) is 40.6 Å². The van der Waals surface area contributed by atoms with E-state index in [9.17, 15) is 9.59 Å². The summed E-state index contributed by atoms with van der Waals surface area (Å²) in [5.41, 5.74) is 0.487. The normalized spacial score (nSPS) is 10.3. The number of nitrogens with one attached hydrogen (secondary N) is 1. The van der Waals surface area contributed by atoms with Crippen LogP contribution in [0.3, 0.4) is 0 Å². The highest BCUT2D eigenvalue weighted by molar-refractivity contribution is 7.13. The first-order valence-electron chi connectivity index (χ1n) is 6.14. The first-order valence-corrected chi connectivity index (χ1v) is 6.96. The molecular formula is C12H19N3O3S. The van der Waals surface area contributed by atoms with Gasteiger partial charge in [0.25, 0.3) is 0 Å². The molecule has 0 saturated carbocycles. The van der Waals surface area contributed by atoms with Crippen molar-refractivity contribution in [1.29, 1.82) is 0 Å². The van der Waals surface area contributed by atoms with Crippen molar-refractivity contribution < 1.29 is 14.7 Å². The van der Waals surface area contributed by atoms with Gasteiger partial charge in [0.2, 0.25) is 0 Å². The van der Waals surface area contributed by atoms with Crippen LogP contribution in [0, 0.1) is 6.92 Å². The Morgan fingerprint density at radius 3 is 2.68 bits per heavy atom. The lowest BCUT2D eigenvalue weighted by molar-refractivity contribution is 0.0701. The van der Waals surface area contributed by atoms with Crippen LogP contribution in [0.15, 0.2) is 0 Å². The number of carboxylic acid groups (broad SMARTS) is 1. The Kier molecular flexibility index (Phi) is 5.75. The van der Waals surface area contributed by atoms with Crippen molar-refractivity contribution in [3.05, 3.63) is 15.6 Å². The van der Waals surface area contributed by atoms with E-state index in [4.69, 9.17) is 5.11 Å². The van der Waals surface area contributed by atoms with Crippen LogP contribution in [0.4, 0.5) is 4.79 Å². The Bertz CT molecular complexity index is 459. The molecule has 106 valence electrons. The predicted octanol–water partition coefficient (Wildman–Crippen LogP) is 2.09. The molecule has 1 aromatic rings. The molecule has 19 heavy (non-hydrogen) atoms. The molecular weight excluding hydrogens is 266 g/mol. The van der Waals surface area contributed by atoms with Crippen LogP contribution >= 0.6 is 11.3 Å². The van der Waals surface area contributed by atoms with Gasteiger partial charge >= 0.3 is 12.0 Å². The van der Waals surface area contributed by atoms with Crippen LogP contribution in [0.5, 0.6) is 0 Å². The van der Waals surface area contributed by atoms with Gasteiger partial charge < -0.3 is 15.3 Å². The Morgan fingerprint density at radius 1 is 1.47 bits per heavy atom. The summed E-state index contributed by atoms with van der Waals surface area (Å²) in [4.78, 5) is 28.6. The van der Waals surface area contributed by atoms with Crippen molar-refractivity contribution in [2.45, 2.75) is 33.2 Å². The number of carbonyl (C=O) groups is 2. The van der Waals surface area contributed by atoms with Crippen LogP contribution in [0.2, 0.25) is 0 Å². The number of nitrogens with zero attached hydrogens (tertiary/aromatic N) is 2. The second-order valence-electron chi connectivity index (χ2n) is 4.26. The van der Waals surface area contributed by atoms with Gasteiger partial charge in [-0.3, -0.25) is 0 Å². The summed E-state index contributed by atoms with van der Waals surface area (Å²) in [5, 5.41) is 12.2. The highest BCUT2D eigenvalue weighted by Gasteiger charge is 2.15. The molecule has 1 rings (SSSR count). The molecule has 2 N–H and O–H groups in total. The molecule has 7 heteroatoms. The fraction of sp³-hybridized carbons (Fsp3) is 0.583. The number of aryl methyl sites for hydroxylation is 1. The topological polar surface area (TPSA) is 82.5 Å². The third-order valence-corrected chi connectivity index (χ3v) is 3.77. The molecule has 0 aliphatic rings. The third kappa shape index (κ3) is 4.51. The Morgan fingerprint density at radius 2 is 2.16 bits per heavy atom. The summed E-state index contributed by atoms with van der Waals surface area (Å²) in [6, 6.07) is -0.168. The Balaban J connectivity index is 2.50. The standard InChI is InChI=1S/C12H19N3O3S/c1-4-5-6-15(3)12(18)13-7-9-14-8(2)10(19-9)11(16)17/h4-7H2,1-3H3,(H,13,18)(H,16,17). The molecule has 0 atom stereocenters. The molecule has 0 radical (unpaired) electrons. The number of aromatic carboxylic acids is 1. The predicted molar refractivity (Wildman–Crippen MR) is 73.6 cm³/mol. The van der Waals surface area contributed by atoms with E-state index in [-0.39, 0.29) is 17.5 Å². The van der Waals surface area contributed by atoms with Gasteiger partial charge in [0.05, 0.1) is 12.2 Å². The van der Waals surface area contributed by atoms with Gasteiger partial charge in [-0.2, -0.15) is 0 Å². The quantitative estimate of drug-likeness (QED) is 0.838. The molecule has 0 spiro atoms. The second-order valence-corrected chi connectivity index (χ2v) is 5.34. The van der Waals surface area contributed by atoms with Crippen LogP contribution < -0.4 is 5.32 Å². The minimum Gasteiger partial charge on any atom is -0.477 e. The molecule has 1 heterocycles. The fourth-order valence-electron chi connectivity index (χ4n) is 1.51. The number of unbranched alkanes of at least 4 members (excludes halogenated alkanes) is 1. The SMILES string of the molecule is CCCCN(C)C(=O)NCc1nc(C)c(C(=O)O)s1. The molecule has 0 aromatic carbocycles. The number of carbonyl (C=O) groups excluding carboxylic acids is 1. The zero-order valence-electron chi connectivity index (χ0n) is 11.4. The summed E-state index contributed by atoms with van der Waals surface area (Å²) in [5.74, 6) is -0.979. The average Bonchev–Trinajstić information content (AvgIpc) is 2.74. The van der Waals surface area contributed by atoms with Crippen LogP contribution in [-0.2, 0) is 6.54 Å². The van der Waals surface area contributed by atoms with E-state index in [1.807, 2.05) is 0 Å². The second kappa shape index (κ2) is 7.08. The van der Waals surface area contributed by atoms with Gasteiger partial charge in [0.1, 0.15) is 9.88 Å². The van der Waals surface area contributed by atoms with Crippen LogP contribution in [0.1, 0.15) is 40.1 Å². The number of thiazole rings is 1. The fourth-order valence-corrected chi connectivity index (χ4v) is 2.35. The molecule has 0 fully saturated rings.